The highest BCUT2D eigenvalue weighted by Crippen LogP contribution is 2.35. The maximum absolute atomic E-state index is 13.6. The van der Waals surface area contributed by atoms with Gasteiger partial charge in [0.1, 0.15) is 11.6 Å². The van der Waals surface area contributed by atoms with Crippen LogP contribution in [0.15, 0.2) is 41.8 Å². The Hall–Kier alpha value is -3.00. The van der Waals surface area contributed by atoms with Crippen molar-refractivity contribution < 1.29 is 4.39 Å². The molecule has 0 aliphatic heterocycles. The molecular weight excluding hydrogens is 351 g/mol. The lowest BCUT2D eigenvalue weighted by atomic mass is 10.2. The molecule has 26 heavy (non-hydrogen) atoms. The number of aromatic nitrogens is 4. The van der Waals surface area contributed by atoms with Gasteiger partial charge in [-0.3, -0.25) is 0 Å². The second-order valence-electron chi connectivity index (χ2n) is 6.27. The van der Waals surface area contributed by atoms with Crippen LogP contribution >= 0.6 is 11.3 Å². The zero-order chi connectivity index (χ0) is 17.7. The molecule has 5 rings (SSSR count). The smallest absolute Gasteiger partial charge is 0.225 e. The summed E-state index contributed by atoms with van der Waals surface area (Å²) in [6.07, 6.45) is 2.24. The van der Waals surface area contributed by atoms with E-state index in [1.165, 1.54) is 16.8 Å². The molecule has 1 saturated carbocycles. The van der Waals surface area contributed by atoms with Crippen molar-refractivity contribution in [1.82, 2.24) is 19.7 Å². The topological polar surface area (TPSA) is 81.7 Å². The van der Waals surface area contributed by atoms with Gasteiger partial charge in [-0.25, -0.2) is 14.1 Å². The van der Waals surface area contributed by atoms with Crippen LogP contribution in [0.4, 0.5) is 16.2 Å². The predicted octanol–water partition coefficient (Wildman–Crippen LogP) is 3.84. The van der Waals surface area contributed by atoms with Gasteiger partial charge in [-0.15, -0.1) is 16.4 Å². The Morgan fingerprint density at radius 1 is 1.19 bits per heavy atom. The van der Waals surface area contributed by atoms with E-state index in [1.807, 2.05) is 17.5 Å². The van der Waals surface area contributed by atoms with E-state index < -0.39 is 0 Å². The van der Waals surface area contributed by atoms with Gasteiger partial charge in [0, 0.05) is 6.04 Å². The molecule has 0 unspecified atom stereocenters. The zero-order valence-electron chi connectivity index (χ0n) is 13.7. The highest BCUT2D eigenvalue weighted by Gasteiger charge is 2.24. The van der Waals surface area contributed by atoms with E-state index in [4.69, 9.17) is 5.73 Å². The molecule has 8 heteroatoms. The van der Waals surface area contributed by atoms with Crippen LogP contribution in [0.5, 0.6) is 0 Å². The van der Waals surface area contributed by atoms with Crippen LogP contribution in [0.3, 0.4) is 0 Å². The standard InChI is InChI=1S/C18H15FN6S/c19-10-3-1-4-12(9-10)25-16(20)14-15(13-5-2-8-26-13)22-18(21-11-6-7-11)23-17(14)24-25/h1-5,8-9,11H,6-7,20H2,(H,21,23,24). The van der Waals surface area contributed by atoms with Crippen LogP contribution < -0.4 is 11.1 Å². The fraction of sp³-hybridized carbons (Fsp3) is 0.167. The summed E-state index contributed by atoms with van der Waals surface area (Å²) in [4.78, 5) is 10.2. The van der Waals surface area contributed by atoms with E-state index in [2.05, 4.69) is 20.4 Å². The van der Waals surface area contributed by atoms with Gasteiger partial charge in [0.15, 0.2) is 5.65 Å². The summed E-state index contributed by atoms with van der Waals surface area (Å²) >= 11 is 1.58. The first-order valence-corrected chi connectivity index (χ1v) is 9.19. The number of halogens is 1. The summed E-state index contributed by atoms with van der Waals surface area (Å²) < 4.78 is 15.2. The van der Waals surface area contributed by atoms with Crippen LogP contribution in [0, 0.1) is 5.82 Å². The van der Waals surface area contributed by atoms with Crippen molar-refractivity contribution >= 4 is 34.1 Å². The molecule has 130 valence electrons. The van der Waals surface area contributed by atoms with Crippen molar-refractivity contribution in [2.45, 2.75) is 18.9 Å². The Balaban J connectivity index is 1.75. The molecular formula is C18H15FN6S. The minimum Gasteiger partial charge on any atom is -0.383 e. The Bertz CT molecular complexity index is 1100. The normalized spacial score (nSPS) is 14.0. The molecule has 0 radical (unpaired) electrons. The van der Waals surface area contributed by atoms with E-state index in [1.54, 1.807) is 23.5 Å². The Kier molecular flexibility index (Phi) is 3.39. The summed E-state index contributed by atoms with van der Waals surface area (Å²) in [5.74, 6) is 0.598. The molecule has 6 nitrogen and oxygen atoms in total. The highest BCUT2D eigenvalue weighted by atomic mass is 32.1. The second kappa shape index (κ2) is 5.77. The van der Waals surface area contributed by atoms with Crippen LogP contribution in [-0.4, -0.2) is 25.8 Å². The number of nitrogens with one attached hydrogen (secondary N) is 1. The van der Waals surface area contributed by atoms with Crippen LogP contribution in [0.2, 0.25) is 0 Å². The number of rotatable bonds is 4. The van der Waals surface area contributed by atoms with Gasteiger partial charge in [-0.05, 0) is 42.5 Å². The molecule has 3 aromatic heterocycles. The maximum Gasteiger partial charge on any atom is 0.225 e. The van der Waals surface area contributed by atoms with E-state index in [-0.39, 0.29) is 5.82 Å². The number of thiophene rings is 1. The number of hydrogen-bond donors (Lipinski definition) is 2. The third-order valence-corrected chi connectivity index (χ3v) is 5.16. The molecule has 3 N–H and O–H groups in total. The molecule has 0 saturated heterocycles. The number of benzene rings is 1. The highest BCUT2D eigenvalue weighted by molar-refractivity contribution is 7.13. The molecule has 0 amide bonds. The Morgan fingerprint density at radius 3 is 2.81 bits per heavy atom. The maximum atomic E-state index is 13.6. The quantitative estimate of drug-likeness (QED) is 0.573. The lowest BCUT2D eigenvalue weighted by molar-refractivity contribution is 0.625. The van der Waals surface area contributed by atoms with E-state index >= 15 is 0 Å². The SMILES string of the molecule is Nc1c2c(-c3cccs3)nc(NC3CC3)nc2nn1-c1cccc(F)c1. The van der Waals surface area contributed by atoms with Gasteiger partial charge in [0.2, 0.25) is 5.95 Å². The van der Waals surface area contributed by atoms with Crippen molar-refractivity contribution in [2.75, 3.05) is 11.1 Å². The first kappa shape index (κ1) is 15.3. The molecule has 0 spiro atoms. The number of hydrogen-bond acceptors (Lipinski definition) is 6. The molecule has 1 aromatic carbocycles. The fourth-order valence-electron chi connectivity index (χ4n) is 2.88. The van der Waals surface area contributed by atoms with Gasteiger partial charge in [0.05, 0.1) is 21.6 Å². The average molecular weight is 366 g/mol. The first-order valence-electron chi connectivity index (χ1n) is 8.31. The lowest BCUT2D eigenvalue weighted by Gasteiger charge is -2.06. The minimum absolute atomic E-state index is 0.345. The molecule has 3 heterocycles. The van der Waals surface area contributed by atoms with Gasteiger partial charge < -0.3 is 11.1 Å². The average Bonchev–Trinajstić information content (AvgIpc) is 3.16. The number of nitrogen functional groups attached to an aromatic ring is 1. The van der Waals surface area contributed by atoms with Crippen molar-refractivity contribution in [3.05, 3.63) is 47.6 Å². The third kappa shape index (κ3) is 2.59. The molecule has 1 aliphatic carbocycles. The van der Waals surface area contributed by atoms with Gasteiger partial charge >= 0.3 is 0 Å². The van der Waals surface area contributed by atoms with Crippen molar-refractivity contribution in [3.8, 4) is 16.3 Å². The molecule has 0 bridgehead atoms. The van der Waals surface area contributed by atoms with E-state index in [0.29, 0.717) is 34.5 Å². The minimum atomic E-state index is -0.345. The van der Waals surface area contributed by atoms with E-state index in [0.717, 1.165) is 23.4 Å². The zero-order valence-corrected chi connectivity index (χ0v) is 14.5. The van der Waals surface area contributed by atoms with Gasteiger partial charge in [-0.1, -0.05) is 12.1 Å². The van der Waals surface area contributed by atoms with Crippen molar-refractivity contribution in [1.29, 1.82) is 0 Å². The van der Waals surface area contributed by atoms with Crippen molar-refractivity contribution in [3.63, 3.8) is 0 Å². The Labute approximate surface area is 152 Å². The number of anilines is 2. The fourth-order valence-corrected chi connectivity index (χ4v) is 3.60. The lowest BCUT2D eigenvalue weighted by Crippen LogP contribution is -2.06. The van der Waals surface area contributed by atoms with Crippen molar-refractivity contribution in [2.24, 2.45) is 0 Å². The van der Waals surface area contributed by atoms with Crippen LogP contribution in [0.1, 0.15) is 12.8 Å². The van der Waals surface area contributed by atoms with E-state index in [9.17, 15) is 4.39 Å². The summed E-state index contributed by atoms with van der Waals surface area (Å²) in [6, 6.07) is 10.5. The van der Waals surface area contributed by atoms with Crippen LogP contribution in [-0.2, 0) is 0 Å². The number of nitrogens with zero attached hydrogens (tertiary/aromatic N) is 4. The molecule has 1 aliphatic rings. The largest absolute Gasteiger partial charge is 0.383 e. The monoisotopic (exact) mass is 366 g/mol. The molecule has 0 atom stereocenters. The summed E-state index contributed by atoms with van der Waals surface area (Å²) in [5.41, 5.74) is 8.16. The summed E-state index contributed by atoms with van der Waals surface area (Å²) in [6.45, 7) is 0. The third-order valence-electron chi connectivity index (χ3n) is 4.29. The number of nitrogens with two attached hydrogens (primary N) is 1. The van der Waals surface area contributed by atoms with Gasteiger partial charge in [0.25, 0.3) is 0 Å². The van der Waals surface area contributed by atoms with Gasteiger partial charge in [-0.2, -0.15) is 4.98 Å². The Morgan fingerprint density at radius 2 is 2.08 bits per heavy atom. The molecule has 1 fully saturated rings. The second-order valence-corrected chi connectivity index (χ2v) is 7.21. The summed E-state index contributed by atoms with van der Waals surface area (Å²) in [5, 5.41) is 10.5. The molecule has 4 aromatic rings. The first-order chi connectivity index (χ1) is 12.7. The number of fused-ring (bicyclic) bond motifs is 1. The summed E-state index contributed by atoms with van der Waals surface area (Å²) in [7, 11) is 0. The predicted molar refractivity (Wildman–Crippen MR) is 101 cm³/mol. The van der Waals surface area contributed by atoms with Crippen LogP contribution in [0.25, 0.3) is 27.3 Å².